The average molecular weight is 922 g/mol. The van der Waals surface area contributed by atoms with E-state index in [2.05, 4.69) is 21.3 Å². The van der Waals surface area contributed by atoms with Crippen molar-refractivity contribution in [3.63, 3.8) is 0 Å². The van der Waals surface area contributed by atoms with Crippen LogP contribution in [0, 0.1) is 5.92 Å². The van der Waals surface area contributed by atoms with Gasteiger partial charge >= 0.3 is 5.97 Å². The molecule has 17 heteroatoms. The Morgan fingerprint density at radius 1 is 0.576 bits per heavy atom. The minimum Gasteiger partial charge on any atom is -0.480 e. The van der Waals surface area contributed by atoms with E-state index in [9.17, 15) is 48.6 Å². The average Bonchev–Trinajstić information content (AvgIpc) is 3.26. The molecule has 2 aromatic rings. The Balaban J connectivity index is 1.64. The molecule has 0 aliphatic heterocycles. The molecule has 366 valence electrons. The number of likely N-dealkylation sites (N-methyl/N-ethyl adjacent to an activating group) is 1. The van der Waals surface area contributed by atoms with Crippen molar-refractivity contribution < 1.29 is 48.6 Å². The molecule has 0 saturated heterocycles. The van der Waals surface area contributed by atoms with Crippen molar-refractivity contribution in [2.45, 2.75) is 173 Å². The SMILES string of the molecule is CC(C)C[C@@H](C(=O)N[C@@H](Cc1ccccc1)C(N)=O)N(C)C(=O)[C@@H](NC(=O)CCCCCCCCCCCCCCC(=O)N[C@@H](CC(N)=O)C(=O)N[C@@H](Cc1ccccc1)C(=O)O)C(C)O. The van der Waals surface area contributed by atoms with Gasteiger partial charge in [-0.3, -0.25) is 33.6 Å². The number of hydrogen-bond donors (Lipinski definition) is 8. The van der Waals surface area contributed by atoms with Crippen LogP contribution < -0.4 is 32.7 Å². The molecule has 66 heavy (non-hydrogen) atoms. The summed E-state index contributed by atoms with van der Waals surface area (Å²) >= 11 is 0. The Kier molecular flexibility index (Phi) is 26.6. The highest BCUT2D eigenvalue weighted by molar-refractivity contribution is 5.95. The molecule has 0 radical (unpaired) electrons. The van der Waals surface area contributed by atoms with E-state index in [4.69, 9.17) is 11.5 Å². The van der Waals surface area contributed by atoms with Gasteiger partial charge in [0.2, 0.25) is 41.4 Å². The third-order valence-corrected chi connectivity index (χ3v) is 11.3. The molecule has 17 nitrogen and oxygen atoms in total. The maximum absolute atomic E-state index is 13.7. The molecule has 0 bridgehead atoms. The smallest absolute Gasteiger partial charge is 0.326 e. The number of carboxylic acids is 1. The monoisotopic (exact) mass is 922 g/mol. The molecule has 0 heterocycles. The standard InChI is InChI=1S/C49H75N7O10/c1-33(2)29-40(47(63)53-37(45(51)61)30-35-23-17-15-18-24-35)56(4)48(64)44(34(3)57)55-43(60)28-22-14-12-10-8-6-5-7-9-11-13-21-27-42(59)52-38(32-41(50)58)46(62)54-39(49(65)66)31-36-25-19-16-20-26-36/h15-20,23-26,33-34,37-40,44,57H,5-14,21-22,27-32H2,1-4H3,(H2,50,58)(H2,51,61)(H,52,59)(H,53,63)(H,54,62)(H,55,60)(H,65,66)/t34?,37-,38-,39-,40-,44-/m0/s1. The number of rotatable bonds is 34. The van der Waals surface area contributed by atoms with Gasteiger partial charge in [0.1, 0.15) is 30.2 Å². The summed E-state index contributed by atoms with van der Waals surface area (Å²) in [5, 5.41) is 30.5. The lowest BCUT2D eigenvalue weighted by molar-refractivity contribution is -0.145. The Hall–Kier alpha value is -5.84. The topological polar surface area (TPSA) is 280 Å². The normalized spacial score (nSPS) is 13.8. The number of nitrogens with two attached hydrogens (primary N) is 2. The third-order valence-electron chi connectivity index (χ3n) is 11.3. The first-order valence-electron chi connectivity index (χ1n) is 23.4. The summed E-state index contributed by atoms with van der Waals surface area (Å²) in [5.74, 6) is -5.50. The third kappa shape index (κ3) is 22.9. The summed E-state index contributed by atoms with van der Waals surface area (Å²) in [6.07, 6.45) is 10.2. The molecule has 0 aliphatic rings. The molecular weight excluding hydrogens is 847 g/mol. The van der Waals surface area contributed by atoms with Gasteiger partial charge in [-0.1, -0.05) is 139 Å². The maximum Gasteiger partial charge on any atom is 0.326 e. The van der Waals surface area contributed by atoms with Crippen LogP contribution in [-0.4, -0.2) is 106 Å². The first kappa shape index (κ1) is 56.3. The lowest BCUT2D eigenvalue weighted by atomic mass is 9.99. The van der Waals surface area contributed by atoms with E-state index in [0.717, 1.165) is 69.8 Å². The molecule has 1 unspecified atom stereocenters. The number of unbranched alkanes of at least 4 members (excludes halogenated alkanes) is 11. The summed E-state index contributed by atoms with van der Waals surface area (Å²) in [7, 11) is 1.45. The van der Waals surface area contributed by atoms with Crippen LogP contribution in [0.15, 0.2) is 60.7 Å². The molecular formula is C49H75N7O10. The zero-order valence-corrected chi connectivity index (χ0v) is 39.3. The second-order valence-electron chi connectivity index (χ2n) is 17.7. The number of primary amides is 2. The fourth-order valence-electron chi connectivity index (χ4n) is 7.57. The van der Waals surface area contributed by atoms with E-state index in [1.165, 1.54) is 18.9 Å². The Morgan fingerprint density at radius 2 is 1.00 bits per heavy atom. The highest BCUT2D eigenvalue weighted by Crippen LogP contribution is 2.16. The second-order valence-corrected chi connectivity index (χ2v) is 17.7. The molecule has 0 aromatic heterocycles. The van der Waals surface area contributed by atoms with Gasteiger partial charge in [0.25, 0.3) is 0 Å². The van der Waals surface area contributed by atoms with Gasteiger partial charge in [-0.2, -0.15) is 0 Å². The Bertz CT molecular complexity index is 1830. The number of hydrogen-bond acceptors (Lipinski definition) is 9. The molecule has 0 fully saturated rings. The molecule has 10 N–H and O–H groups in total. The van der Waals surface area contributed by atoms with Gasteiger partial charge in [-0.05, 0) is 43.2 Å². The Labute approximate surface area is 390 Å². The number of carbonyl (C=O) groups is 8. The van der Waals surface area contributed by atoms with Gasteiger partial charge < -0.3 is 47.8 Å². The molecule has 2 aromatic carbocycles. The number of aliphatic hydroxyl groups is 1. The van der Waals surface area contributed by atoms with Crippen molar-refractivity contribution in [2.75, 3.05) is 7.05 Å². The van der Waals surface area contributed by atoms with Crippen LogP contribution >= 0.6 is 0 Å². The van der Waals surface area contributed by atoms with Crippen molar-refractivity contribution >= 4 is 47.3 Å². The van der Waals surface area contributed by atoms with Gasteiger partial charge in [0.15, 0.2) is 0 Å². The minimum absolute atomic E-state index is 0.000237. The van der Waals surface area contributed by atoms with Crippen LogP contribution in [0.25, 0.3) is 0 Å². The number of amides is 7. The van der Waals surface area contributed by atoms with Crippen molar-refractivity contribution in [3.05, 3.63) is 71.8 Å². The highest BCUT2D eigenvalue weighted by Gasteiger charge is 2.36. The lowest BCUT2D eigenvalue weighted by Crippen LogP contribution is -2.59. The van der Waals surface area contributed by atoms with Crippen molar-refractivity contribution in [2.24, 2.45) is 17.4 Å². The molecule has 0 aliphatic carbocycles. The van der Waals surface area contributed by atoms with Gasteiger partial charge in [0.05, 0.1) is 12.5 Å². The van der Waals surface area contributed by atoms with Crippen LogP contribution in [-0.2, 0) is 51.2 Å². The van der Waals surface area contributed by atoms with Crippen LogP contribution in [0.1, 0.15) is 135 Å². The predicted octanol–water partition coefficient (Wildman–Crippen LogP) is 3.57. The van der Waals surface area contributed by atoms with E-state index >= 15 is 0 Å². The minimum atomic E-state index is -1.28. The van der Waals surface area contributed by atoms with Crippen LogP contribution in [0.4, 0.5) is 0 Å². The highest BCUT2D eigenvalue weighted by atomic mass is 16.4. The zero-order valence-electron chi connectivity index (χ0n) is 39.3. The molecule has 0 spiro atoms. The summed E-state index contributed by atoms with van der Waals surface area (Å²) in [6.45, 7) is 5.21. The fraction of sp³-hybridized carbons (Fsp3) is 0.592. The van der Waals surface area contributed by atoms with Crippen LogP contribution in [0.5, 0.6) is 0 Å². The van der Waals surface area contributed by atoms with E-state index < -0.39 is 84.1 Å². The molecule has 7 amide bonds. The number of carbonyl (C=O) groups excluding carboxylic acids is 7. The number of nitrogens with one attached hydrogen (secondary N) is 4. The summed E-state index contributed by atoms with van der Waals surface area (Å²) in [4.78, 5) is 103. The van der Waals surface area contributed by atoms with Crippen LogP contribution in [0.3, 0.4) is 0 Å². The van der Waals surface area contributed by atoms with Crippen molar-refractivity contribution in [3.8, 4) is 0 Å². The molecule has 6 atom stereocenters. The number of nitrogens with zero attached hydrogens (tertiary/aromatic N) is 1. The summed E-state index contributed by atoms with van der Waals surface area (Å²) < 4.78 is 0. The summed E-state index contributed by atoms with van der Waals surface area (Å²) in [5.41, 5.74) is 12.4. The largest absolute Gasteiger partial charge is 0.480 e. The van der Waals surface area contributed by atoms with Gasteiger partial charge in [-0.15, -0.1) is 0 Å². The summed E-state index contributed by atoms with van der Waals surface area (Å²) in [6, 6.07) is 12.1. The first-order chi connectivity index (χ1) is 31.4. The fourth-order valence-corrected chi connectivity index (χ4v) is 7.57. The van der Waals surface area contributed by atoms with E-state index in [1.54, 1.807) is 30.3 Å². The molecule has 2 rings (SSSR count). The number of aliphatic carboxylic acids is 1. The number of carboxylic acid groups (broad SMARTS) is 1. The zero-order chi connectivity index (χ0) is 49.0. The lowest BCUT2D eigenvalue weighted by Gasteiger charge is -2.33. The van der Waals surface area contributed by atoms with E-state index in [-0.39, 0.29) is 43.9 Å². The predicted molar refractivity (Wildman–Crippen MR) is 251 cm³/mol. The van der Waals surface area contributed by atoms with Crippen molar-refractivity contribution in [1.29, 1.82) is 0 Å². The second kappa shape index (κ2) is 31.1. The number of aliphatic hydroxyl groups excluding tert-OH is 1. The van der Waals surface area contributed by atoms with E-state index in [0.29, 0.717) is 18.4 Å². The molecule has 0 saturated carbocycles. The number of benzene rings is 2. The first-order valence-corrected chi connectivity index (χ1v) is 23.4. The van der Waals surface area contributed by atoms with Gasteiger partial charge in [-0.25, -0.2) is 4.79 Å². The van der Waals surface area contributed by atoms with Gasteiger partial charge in [0, 0.05) is 32.7 Å². The quantitative estimate of drug-likeness (QED) is 0.0473. The van der Waals surface area contributed by atoms with Crippen molar-refractivity contribution in [1.82, 2.24) is 26.2 Å². The maximum atomic E-state index is 13.7. The van der Waals surface area contributed by atoms with Crippen LogP contribution in [0.2, 0.25) is 0 Å². The Morgan fingerprint density at radius 3 is 1.41 bits per heavy atom. The van der Waals surface area contributed by atoms with E-state index in [1.807, 2.05) is 44.2 Å².